The van der Waals surface area contributed by atoms with Crippen molar-refractivity contribution in [2.75, 3.05) is 19.6 Å². The summed E-state index contributed by atoms with van der Waals surface area (Å²) in [5, 5.41) is 3.26. The highest BCUT2D eigenvalue weighted by molar-refractivity contribution is 5.81. The zero-order chi connectivity index (χ0) is 11.8. The third-order valence-corrected chi connectivity index (χ3v) is 2.99. The Labute approximate surface area is 98.6 Å². The summed E-state index contributed by atoms with van der Waals surface area (Å²) in [6, 6.07) is -0.0519. The third-order valence-electron chi connectivity index (χ3n) is 2.99. The highest BCUT2D eigenvalue weighted by Gasteiger charge is 2.22. The van der Waals surface area contributed by atoms with Gasteiger partial charge in [-0.2, -0.15) is 0 Å². The van der Waals surface area contributed by atoms with Gasteiger partial charge in [-0.1, -0.05) is 0 Å². The first-order chi connectivity index (χ1) is 7.75. The molecule has 16 heavy (non-hydrogen) atoms. The standard InChI is InChI=1S/C13H22N2O/c1-3-4-5-6-9-14-12(2)13(16)15-10-7-8-11-15/h1,12,14H,4-11H2,2H3. The van der Waals surface area contributed by atoms with Crippen LogP contribution in [0.2, 0.25) is 0 Å². The normalized spacial score (nSPS) is 17.1. The van der Waals surface area contributed by atoms with Crippen molar-refractivity contribution >= 4 is 5.91 Å². The van der Waals surface area contributed by atoms with E-state index in [-0.39, 0.29) is 11.9 Å². The number of hydrogen-bond acceptors (Lipinski definition) is 2. The monoisotopic (exact) mass is 222 g/mol. The van der Waals surface area contributed by atoms with Crippen LogP contribution in [-0.2, 0) is 4.79 Å². The molecular formula is C13H22N2O. The summed E-state index contributed by atoms with van der Waals surface area (Å²) in [6.45, 7) is 4.69. The van der Waals surface area contributed by atoms with E-state index in [0.717, 1.165) is 51.7 Å². The second-order valence-corrected chi connectivity index (χ2v) is 4.37. The number of amides is 1. The van der Waals surface area contributed by atoms with Crippen molar-refractivity contribution in [2.45, 2.75) is 45.1 Å². The van der Waals surface area contributed by atoms with Gasteiger partial charge in [0.2, 0.25) is 5.91 Å². The van der Waals surface area contributed by atoms with E-state index in [9.17, 15) is 4.79 Å². The Kier molecular flexibility index (Phi) is 5.95. The number of carbonyl (C=O) groups excluding carboxylic acids is 1. The van der Waals surface area contributed by atoms with Gasteiger partial charge in [0.25, 0.3) is 0 Å². The van der Waals surface area contributed by atoms with E-state index < -0.39 is 0 Å². The minimum Gasteiger partial charge on any atom is -0.341 e. The molecule has 3 nitrogen and oxygen atoms in total. The summed E-state index contributed by atoms with van der Waals surface area (Å²) in [7, 11) is 0. The van der Waals surface area contributed by atoms with Crippen LogP contribution < -0.4 is 5.32 Å². The van der Waals surface area contributed by atoms with Crippen molar-refractivity contribution < 1.29 is 4.79 Å². The fourth-order valence-corrected chi connectivity index (χ4v) is 1.97. The number of hydrogen-bond donors (Lipinski definition) is 1. The Balaban J connectivity index is 2.11. The molecule has 1 saturated heterocycles. The molecule has 1 aliphatic heterocycles. The maximum Gasteiger partial charge on any atom is 0.239 e. The number of rotatable bonds is 6. The van der Waals surface area contributed by atoms with Crippen LogP contribution in [0.4, 0.5) is 0 Å². The number of unbranched alkanes of at least 4 members (excludes halogenated alkanes) is 2. The molecule has 1 atom stereocenters. The molecule has 0 saturated carbocycles. The van der Waals surface area contributed by atoms with Crippen LogP contribution in [0, 0.1) is 12.3 Å². The van der Waals surface area contributed by atoms with Crippen LogP contribution in [-0.4, -0.2) is 36.5 Å². The molecule has 90 valence electrons. The largest absolute Gasteiger partial charge is 0.341 e. The second-order valence-electron chi connectivity index (χ2n) is 4.37. The summed E-state index contributed by atoms with van der Waals surface area (Å²) in [5.74, 6) is 2.87. The van der Waals surface area contributed by atoms with Crippen LogP contribution >= 0.6 is 0 Å². The molecule has 0 aromatic heterocycles. The van der Waals surface area contributed by atoms with E-state index in [1.807, 2.05) is 11.8 Å². The van der Waals surface area contributed by atoms with E-state index in [2.05, 4.69) is 11.2 Å². The number of carbonyl (C=O) groups is 1. The topological polar surface area (TPSA) is 32.3 Å². The van der Waals surface area contributed by atoms with Crippen LogP contribution in [0.25, 0.3) is 0 Å². The lowest BCUT2D eigenvalue weighted by Gasteiger charge is -2.21. The second kappa shape index (κ2) is 7.29. The Morgan fingerprint density at radius 3 is 2.75 bits per heavy atom. The third kappa shape index (κ3) is 4.24. The summed E-state index contributed by atoms with van der Waals surface area (Å²) < 4.78 is 0. The van der Waals surface area contributed by atoms with Crippen LogP contribution in [0.3, 0.4) is 0 Å². The Hall–Kier alpha value is -1.01. The lowest BCUT2D eigenvalue weighted by atomic mass is 10.2. The molecule has 1 unspecified atom stereocenters. The van der Waals surface area contributed by atoms with Crippen LogP contribution in [0.15, 0.2) is 0 Å². The van der Waals surface area contributed by atoms with E-state index in [4.69, 9.17) is 6.42 Å². The molecule has 1 fully saturated rings. The van der Waals surface area contributed by atoms with Crippen LogP contribution in [0.1, 0.15) is 39.0 Å². The van der Waals surface area contributed by atoms with Gasteiger partial charge < -0.3 is 10.2 Å². The molecule has 0 aromatic rings. The lowest BCUT2D eigenvalue weighted by Crippen LogP contribution is -2.43. The van der Waals surface area contributed by atoms with Crippen molar-refractivity contribution in [2.24, 2.45) is 0 Å². The Bertz CT molecular complexity index is 251. The Morgan fingerprint density at radius 2 is 2.12 bits per heavy atom. The fourth-order valence-electron chi connectivity index (χ4n) is 1.97. The van der Waals surface area contributed by atoms with Crippen molar-refractivity contribution in [1.82, 2.24) is 10.2 Å². The van der Waals surface area contributed by atoms with Crippen molar-refractivity contribution in [3.8, 4) is 12.3 Å². The molecule has 1 amide bonds. The zero-order valence-electron chi connectivity index (χ0n) is 10.2. The van der Waals surface area contributed by atoms with Crippen molar-refractivity contribution in [1.29, 1.82) is 0 Å². The molecule has 1 heterocycles. The smallest absolute Gasteiger partial charge is 0.239 e. The summed E-state index contributed by atoms with van der Waals surface area (Å²) in [6.07, 6.45) is 10.4. The van der Waals surface area contributed by atoms with E-state index >= 15 is 0 Å². The van der Waals surface area contributed by atoms with E-state index in [1.165, 1.54) is 0 Å². The zero-order valence-corrected chi connectivity index (χ0v) is 10.2. The van der Waals surface area contributed by atoms with Gasteiger partial charge in [-0.3, -0.25) is 4.79 Å². The molecule has 0 aliphatic carbocycles. The van der Waals surface area contributed by atoms with Gasteiger partial charge in [-0.15, -0.1) is 12.3 Å². The van der Waals surface area contributed by atoms with Crippen LogP contribution in [0.5, 0.6) is 0 Å². The predicted molar refractivity (Wildman–Crippen MR) is 66.0 cm³/mol. The highest BCUT2D eigenvalue weighted by atomic mass is 16.2. The maximum atomic E-state index is 11.9. The molecule has 1 rings (SSSR count). The van der Waals surface area contributed by atoms with E-state index in [1.54, 1.807) is 0 Å². The van der Waals surface area contributed by atoms with Gasteiger partial charge in [-0.05, 0) is 39.2 Å². The summed E-state index contributed by atoms with van der Waals surface area (Å²) >= 11 is 0. The van der Waals surface area contributed by atoms with E-state index in [0.29, 0.717) is 0 Å². The molecule has 0 radical (unpaired) electrons. The Morgan fingerprint density at radius 1 is 1.44 bits per heavy atom. The molecule has 1 N–H and O–H groups in total. The van der Waals surface area contributed by atoms with Gasteiger partial charge in [-0.25, -0.2) is 0 Å². The molecule has 0 spiro atoms. The molecular weight excluding hydrogens is 200 g/mol. The highest BCUT2D eigenvalue weighted by Crippen LogP contribution is 2.08. The van der Waals surface area contributed by atoms with Crippen molar-refractivity contribution in [3.05, 3.63) is 0 Å². The first-order valence-electron chi connectivity index (χ1n) is 6.21. The quantitative estimate of drug-likeness (QED) is 0.544. The summed E-state index contributed by atoms with van der Waals surface area (Å²) in [4.78, 5) is 13.9. The molecule has 0 aromatic carbocycles. The predicted octanol–water partition coefficient (Wildman–Crippen LogP) is 1.39. The summed E-state index contributed by atoms with van der Waals surface area (Å²) in [5.41, 5.74) is 0. The first kappa shape index (κ1) is 13.1. The van der Waals surface area contributed by atoms with Gasteiger partial charge in [0.1, 0.15) is 0 Å². The molecule has 0 bridgehead atoms. The van der Waals surface area contributed by atoms with Gasteiger partial charge in [0, 0.05) is 19.5 Å². The number of likely N-dealkylation sites (tertiary alicyclic amines) is 1. The van der Waals surface area contributed by atoms with Gasteiger partial charge in [0.15, 0.2) is 0 Å². The number of terminal acetylenes is 1. The number of nitrogens with one attached hydrogen (secondary N) is 1. The van der Waals surface area contributed by atoms with Gasteiger partial charge >= 0.3 is 0 Å². The minimum absolute atomic E-state index is 0.0519. The molecule has 3 heteroatoms. The molecule has 1 aliphatic rings. The lowest BCUT2D eigenvalue weighted by molar-refractivity contribution is -0.131. The minimum atomic E-state index is -0.0519. The average molecular weight is 222 g/mol. The fraction of sp³-hybridized carbons (Fsp3) is 0.769. The first-order valence-corrected chi connectivity index (χ1v) is 6.21. The number of nitrogens with zero attached hydrogens (tertiary/aromatic N) is 1. The SMILES string of the molecule is C#CCCCCNC(C)C(=O)N1CCCC1. The van der Waals surface area contributed by atoms with Gasteiger partial charge in [0.05, 0.1) is 6.04 Å². The average Bonchev–Trinajstić information content (AvgIpc) is 2.81. The van der Waals surface area contributed by atoms with Crippen molar-refractivity contribution in [3.63, 3.8) is 0 Å². The maximum absolute atomic E-state index is 11.9.